The van der Waals surface area contributed by atoms with Crippen LogP contribution in [0.5, 0.6) is 5.75 Å². The number of methoxy groups -OCH3 is 1. The molecule has 1 aromatic carbocycles. The van der Waals surface area contributed by atoms with E-state index in [-0.39, 0.29) is 28.5 Å². The fraction of sp³-hybridized carbons (Fsp3) is 0.545. The third-order valence-electron chi connectivity index (χ3n) is 6.06. The van der Waals surface area contributed by atoms with Crippen LogP contribution in [0, 0.1) is 10.8 Å². The van der Waals surface area contributed by atoms with Gasteiger partial charge in [-0.3, -0.25) is 0 Å². The Morgan fingerprint density at radius 1 is 1.10 bits per heavy atom. The normalized spacial score (nSPS) is 25.9. The van der Waals surface area contributed by atoms with E-state index < -0.39 is 11.9 Å². The first-order valence-corrected chi connectivity index (χ1v) is 9.86. The monoisotopic (exact) mass is 405 g/mol. The molecule has 0 spiro atoms. The second-order valence-corrected chi connectivity index (χ2v) is 9.48. The average Bonchev–Trinajstić information content (AvgIpc) is 2.89. The maximum absolute atomic E-state index is 13.7. The Morgan fingerprint density at radius 2 is 1.83 bits per heavy atom. The van der Waals surface area contributed by atoms with E-state index in [0.717, 1.165) is 25.3 Å². The highest BCUT2D eigenvalue weighted by Crippen LogP contribution is 2.53. The van der Waals surface area contributed by atoms with Crippen LogP contribution in [0.3, 0.4) is 0 Å². The predicted molar refractivity (Wildman–Crippen MR) is 106 cm³/mol. The summed E-state index contributed by atoms with van der Waals surface area (Å²) in [6, 6.07) is 8.14. The lowest BCUT2D eigenvalue weighted by molar-refractivity contribution is -0.141. The summed E-state index contributed by atoms with van der Waals surface area (Å²) in [5.74, 6) is 0.644. The van der Waals surface area contributed by atoms with E-state index in [0.29, 0.717) is 17.9 Å². The first kappa shape index (κ1) is 20.0. The molecule has 29 heavy (non-hydrogen) atoms. The molecule has 156 valence electrons. The molecule has 1 aromatic heterocycles. The minimum atomic E-state index is -4.55. The fourth-order valence-electron chi connectivity index (χ4n) is 5.40. The van der Waals surface area contributed by atoms with Crippen LogP contribution in [-0.4, -0.2) is 29.7 Å². The minimum Gasteiger partial charge on any atom is -0.496 e. The average molecular weight is 405 g/mol. The number of rotatable bonds is 3. The van der Waals surface area contributed by atoms with Crippen molar-refractivity contribution in [2.45, 2.75) is 52.3 Å². The van der Waals surface area contributed by atoms with Crippen molar-refractivity contribution in [3.8, 4) is 17.0 Å². The van der Waals surface area contributed by atoms with Crippen molar-refractivity contribution in [2.75, 3.05) is 18.6 Å². The van der Waals surface area contributed by atoms with Crippen LogP contribution in [0.4, 0.5) is 19.1 Å². The fourth-order valence-corrected chi connectivity index (χ4v) is 5.40. The van der Waals surface area contributed by atoms with Gasteiger partial charge in [-0.05, 0) is 48.3 Å². The molecule has 2 aliphatic rings. The van der Waals surface area contributed by atoms with Gasteiger partial charge < -0.3 is 9.64 Å². The number of fused-ring (bicyclic) bond motifs is 2. The topological polar surface area (TPSA) is 38.2 Å². The summed E-state index contributed by atoms with van der Waals surface area (Å²) in [7, 11) is 1.50. The zero-order valence-corrected chi connectivity index (χ0v) is 17.2. The molecular weight excluding hydrogens is 379 g/mol. The Kier molecular flexibility index (Phi) is 4.55. The second kappa shape index (κ2) is 6.61. The van der Waals surface area contributed by atoms with Crippen LogP contribution in [0.1, 0.15) is 45.7 Å². The molecule has 2 heterocycles. The molecule has 4 rings (SSSR count). The molecule has 0 radical (unpaired) electrons. The van der Waals surface area contributed by atoms with Gasteiger partial charge in [-0.15, -0.1) is 0 Å². The molecule has 4 nitrogen and oxygen atoms in total. The number of para-hydroxylation sites is 1. The van der Waals surface area contributed by atoms with Crippen molar-refractivity contribution in [1.29, 1.82) is 0 Å². The number of benzene rings is 1. The van der Waals surface area contributed by atoms with Crippen molar-refractivity contribution in [2.24, 2.45) is 10.8 Å². The third-order valence-corrected chi connectivity index (χ3v) is 6.06. The molecule has 0 unspecified atom stereocenters. The number of anilines is 1. The Labute approximate surface area is 169 Å². The van der Waals surface area contributed by atoms with E-state index in [1.165, 1.54) is 7.11 Å². The van der Waals surface area contributed by atoms with E-state index >= 15 is 0 Å². The molecule has 2 atom stereocenters. The highest BCUT2D eigenvalue weighted by molar-refractivity contribution is 5.68. The van der Waals surface area contributed by atoms with Gasteiger partial charge in [0.05, 0.1) is 12.8 Å². The highest BCUT2D eigenvalue weighted by atomic mass is 19.4. The Hall–Kier alpha value is -2.31. The van der Waals surface area contributed by atoms with E-state index in [9.17, 15) is 13.2 Å². The number of hydrogen-bond donors (Lipinski definition) is 0. The Balaban J connectivity index is 1.82. The summed E-state index contributed by atoms with van der Waals surface area (Å²) in [5, 5.41) is 0. The SMILES string of the molecule is COc1ccccc1-c1cc(C(F)(F)F)nc(N2C[C@]3(C)C[C@@H]2CC(C)(C)C3)n1. The summed E-state index contributed by atoms with van der Waals surface area (Å²) >= 11 is 0. The standard InChI is InChI=1S/C22H26F3N3O/c1-20(2)10-14-11-21(3,12-20)13-28(14)19-26-16(9-18(27-19)22(23,24)25)15-7-5-6-8-17(15)29-4/h5-9,14H,10-13H2,1-4H3/t14-,21+/m0/s1. The van der Waals surface area contributed by atoms with Gasteiger partial charge in [0, 0.05) is 18.2 Å². The van der Waals surface area contributed by atoms with Gasteiger partial charge in [0.1, 0.15) is 5.75 Å². The summed E-state index contributed by atoms with van der Waals surface area (Å²) in [6.45, 7) is 7.35. The number of aromatic nitrogens is 2. The smallest absolute Gasteiger partial charge is 0.433 e. The number of halogens is 3. The van der Waals surface area contributed by atoms with Crippen molar-refractivity contribution >= 4 is 5.95 Å². The maximum Gasteiger partial charge on any atom is 0.433 e. The maximum atomic E-state index is 13.7. The van der Waals surface area contributed by atoms with Crippen molar-refractivity contribution in [1.82, 2.24) is 9.97 Å². The van der Waals surface area contributed by atoms with Crippen LogP contribution >= 0.6 is 0 Å². The lowest BCUT2D eigenvalue weighted by atomic mass is 9.65. The molecule has 2 fully saturated rings. The van der Waals surface area contributed by atoms with Gasteiger partial charge in [0.25, 0.3) is 0 Å². The predicted octanol–water partition coefficient (Wildman–Crippen LogP) is 5.58. The molecule has 1 saturated carbocycles. The van der Waals surface area contributed by atoms with Gasteiger partial charge in [-0.1, -0.05) is 32.9 Å². The third kappa shape index (κ3) is 3.79. The zero-order chi connectivity index (χ0) is 21.0. The van der Waals surface area contributed by atoms with Crippen LogP contribution in [0.25, 0.3) is 11.3 Å². The summed E-state index contributed by atoms with van der Waals surface area (Å²) in [5.41, 5.74) is 0.0477. The van der Waals surface area contributed by atoms with Crippen molar-refractivity contribution in [3.63, 3.8) is 0 Å². The van der Waals surface area contributed by atoms with Crippen LogP contribution < -0.4 is 9.64 Å². The van der Waals surface area contributed by atoms with E-state index in [1.54, 1.807) is 24.3 Å². The number of alkyl halides is 3. The van der Waals surface area contributed by atoms with Crippen molar-refractivity contribution < 1.29 is 17.9 Å². The quantitative estimate of drug-likeness (QED) is 0.669. The zero-order valence-electron chi connectivity index (χ0n) is 17.2. The Morgan fingerprint density at radius 3 is 2.52 bits per heavy atom. The van der Waals surface area contributed by atoms with Crippen molar-refractivity contribution in [3.05, 3.63) is 36.0 Å². The summed E-state index contributed by atoms with van der Waals surface area (Å²) in [6.07, 6.45) is -1.62. The first-order valence-electron chi connectivity index (χ1n) is 9.86. The largest absolute Gasteiger partial charge is 0.496 e. The van der Waals surface area contributed by atoms with Gasteiger partial charge in [0.2, 0.25) is 5.95 Å². The summed E-state index contributed by atoms with van der Waals surface area (Å²) in [4.78, 5) is 10.5. The number of ether oxygens (including phenoxy) is 1. The van der Waals surface area contributed by atoms with Crippen LogP contribution in [0.2, 0.25) is 0 Å². The molecule has 2 aromatic rings. The van der Waals surface area contributed by atoms with Gasteiger partial charge in [0.15, 0.2) is 5.69 Å². The first-order chi connectivity index (χ1) is 13.5. The van der Waals surface area contributed by atoms with Gasteiger partial charge in [-0.25, -0.2) is 9.97 Å². The molecule has 1 saturated heterocycles. The van der Waals surface area contributed by atoms with Crippen LogP contribution in [-0.2, 0) is 6.18 Å². The molecule has 2 bridgehead atoms. The molecule has 7 heteroatoms. The van der Waals surface area contributed by atoms with E-state index in [1.807, 2.05) is 4.90 Å². The number of nitrogens with zero attached hydrogens (tertiary/aromatic N) is 3. The lowest BCUT2D eigenvalue weighted by Crippen LogP contribution is -2.35. The molecule has 0 N–H and O–H groups in total. The molecule has 0 amide bonds. The molecular formula is C22H26F3N3O. The van der Waals surface area contributed by atoms with E-state index in [4.69, 9.17) is 4.74 Å². The minimum absolute atomic E-state index is 0.0641. The Bertz CT molecular complexity index is 928. The lowest BCUT2D eigenvalue weighted by Gasteiger charge is -2.39. The second-order valence-electron chi connectivity index (χ2n) is 9.48. The number of hydrogen-bond acceptors (Lipinski definition) is 4. The molecule has 1 aliphatic carbocycles. The van der Waals surface area contributed by atoms with Gasteiger partial charge >= 0.3 is 6.18 Å². The highest BCUT2D eigenvalue weighted by Gasteiger charge is 2.50. The van der Waals surface area contributed by atoms with Crippen LogP contribution in [0.15, 0.2) is 30.3 Å². The molecule has 1 aliphatic heterocycles. The van der Waals surface area contributed by atoms with Gasteiger partial charge in [-0.2, -0.15) is 13.2 Å². The van der Waals surface area contributed by atoms with E-state index in [2.05, 4.69) is 30.7 Å². The summed E-state index contributed by atoms with van der Waals surface area (Å²) < 4.78 is 46.3.